The Bertz CT molecular complexity index is 1340. The molecule has 2 aromatic carbocycles. The Morgan fingerprint density at radius 2 is 1.74 bits per heavy atom. The van der Waals surface area contributed by atoms with Gasteiger partial charge in [-0.15, -0.1) is 11.3 Å². The molecular weight excluding hydrogens is 464 g/mol. The number of hydrogen-bond acceptors (Lipinski definition) is 7. The minimum atomic E-state index is -0.247. The molecule has 0 aliphatic heterocycles. The molecule has 4 rings (SSSR count). The number of ether oxygens (including phenoxy) is 2. The normalized spacial score (nSPS) is 10.7. The molecule has 0 radical (unpaired) electrons. The maximum atomic E-state index is 12.8. The first kappa shape index (κ1) is 24.2. The lowest BCUT2D eigenvalue weighted by Crippen LogP contribution is -2.12. The summed E-state index contributed by atoms with van der Waals surface area (Å²) in [5.74, 6) is 0.293. The highest BCUT2D eigenvalue weighted by Gasteiger charge is 2.15. The van der Waals surface area contributed by atoms with Crippen molar-refractivity contribution in [3.05, 3.63) is 76.4 Å². The van der Waals surface area contributed by atoms with Gasteiger partial charge in [-0.25, -0.2) is 9.67 Å². The lowest BCUT2D eigenvalue weighted by atomic mass is 10.1. The molecule has 0 saturated heterocycles. The lowest BCUT2D eigenvalue weighted by molar-refractivity contribution is -0.140. The summed E-state index contributed by atoms with van der Waals surface area (Å²) in [6.07, 6.45) is 0.872. The predicted octanol–water partition coefficient (Wildman–Crippen LogP) is 4.98. The number of aryl methyl sites for hydroxylation is 1. The first-order chi connectivity index (χ1) is 16.9. The first-order valence-corrected chi connectivity index (χ1v) is 11.9. The number of methoxy groups -OCH3 is 2. The van der Waals surface area contributed by atoms with Crippen molar-refractivity contribution >= 4 is 28.3 Å². The number of benzene rings is 2. The van der Waals surface area contributed by atoms with E-state index in [-0.39, 0.29) is 11.9 Å². The quantitative estimate of drug-likeness (QED) is 0.350. The highest BCUT2D eigenvalue weighted by Crippen LogP contribution is 2.27. The lowest BCUT2D eigenvalue weighted by Gasteiger charge is -2.07. The topological polar surface area (TPSA) is 95.3 Å². The number of esters is 1. The van der Waals surface area contributed by atoms with Crippen molar-refractivity contribution in [1.29, 1.82) is 0 Å². The summed E-state index contributed by atoms with van der Waals surface area (Å²) < 4.78 is 11.8. The summed E-state index contributed by atoms with van der Waals surface area (Å²) in [6.45, 7) is 3.89. The van der Waals surface area contributed by atoms with Crippen LogP contribution in [0.25, 0.3) is 16.9 Å². The Morgan fingerprint density at radius 1 is 1.03 bits per heavy atom. The van der Waals surface area contributed by atoms with Crippen molar-refractivity contribution < 1.29 is 19.1 Å². The summed E-state index contributed by atoms with van der Waals surface area (Å²) in [6, 6.07) is 14.8. The molecule has 0 aliphatic carbocycles. The molecule has 9 heteroatoms. The number of nitrogens with zero attached hydrogens (tertiary/aromatic N) is 3. The second-order valence-corrected chi connectivity index (χ2v) is 8.76. The van der Waals surface area contributed by atoms with Crippen molar-refractivity contribution in [3.8, 4) is 22.7 Å². The maximum absolute atomic E-state index is 12.8. The van der Waals surface area contributed by atoms with Crippen molar-refractivity contribution in [2.24, 2.45) is 0 Å². The highest BCUT2D eigenvalue weighted by atomic mass is 32.1. The fourth-order valence-corrected chi connectivity index (χ4v) is 4.48. The summed E-state index contributed by atoms with van der Waals surface area (Å²) in [5, 5.41) is 9.91. The molecule has 2 heterocycles. The van der Waals surface area contributed by atoms with Crippen molar-refractivity contribution in [1.82, 2.24) is 14.8 Å². The second kappa shape index (κ2) is 10.5. The molecule has 0 fully saturated rings. The van der Waals surface area contributed by atoms with E-state index in [9.17, 15) is 9.59 Å². The third-order valence-electron chi connectivity index (χ3n) is 5.73. The van der Waals surface area contributed by atoms with Gasteiger partial charge in [-0.1, -0.05) is 0 Å². The molecule has 180 valence electrons. The van der Waals surface area contributed by atoms with Crippen LogP contribution in [0, 0.1) is 13.8 Å². The molecule has 0 unspecified atom stereocenters. The van der Waals surface area contributed by atoms with Crippen molar-refractivity contribution in [2.45, 2.75) is 26.7 Å². The second-order valence-electron chi connectivity index (χ2n) is 7.90. The highest BCUT2D eigenvalue weighted by molar-refractivity contribution is 7.14. The number of thiazole rings is 1. The number of hydrogen-bond donors (Lipinski definition) is 1. The molecule has 0 saturated carbocycles. The van der Waals surface area contributed by atoms with Crippen LogP contribution >= 0.6 is 11.3 Å². The van der Waals surface area contributed by atoms with Gasteiger partial charge in [-0.05, 0) is 74.4 Å². The third-order valence-corrected chi connectivity index (χ3v) is 6.49. The van der Waals surface area contributed by atoms with Crippen LogP contribution in [0.1, 0.15) is 33.7 Å². The maximum Gasteiger partial charge on any atom is 0.305 e. The van der Waals surface area contributed by atoms with Gasteiger partial charge >= 0.3 is 5.97 Å². The molecule has 0 atom stereocenters. The van der Waals surface area contributed by atoms with E-state index in [0.717, 1.165) is 39.6 Å². The van der Waals surface area contributed by atoms with E-state index in [1.807, 2.05) is 60.3 Å². The fourth-order valence-electron chi connectivity index (χ4n) is 3.77. The molecule has 0 bridgehead atoms. The molecule has 2 aromatic heterocycles. The molecular formula is C26H26N4O4S. The van der Waals surface area contributed by atoms with Gasteiger partial charge in [0.2, 0.25) is 0 Å². The van der Waals surface area contributed by atoms with E-state index in [1.165, 1.54) is 18.4 Å². The SMILES string of the molecule is COC(=O)CCc1c(C)nn(-c2ccc(C(=O)Nc3nc(-c4ccc(OC)cc4)cs3)cc2)c1C. The van der Waals surface area contributed by atoms with E-state index >= 15 is 0 Å². The summed E-state index contributed by atoms with van der Waals surface area (Å²) in [5.41, 5.74) is 5.93. The van der Waals surface area contributed by atoms with Gasteiger partial charge in [0.1, 0.15) is 5.75 Å². The molecule has 0 aliphatic rings. The van der Waals surface area contributed by atoms with Gasteiger partial charge in [0, 0.05) is 28.6 Å². The van der Waals surface area contributed by atoms with Crippen LogP contribution in [0.5, 0.6) is 5.75 Å². The van der Waals surface area contributed by atoms with Crippen molar-refractivity contribution in [3.63, 3.8) is 0 Å². The molecule has 35 heavy (non-hydrogen) atoms. The van der Waals surface area contributed by atoms with Crippen LogP contribution in [-0.4, -0.2) is 40.9 Å². The van der Waals surface area contributed by atoms with E-state index in [0.29, 0.717) is 23.5 Å². The Kier molecular flexibility index (Phi) is 7.26. The minimum Gasteiger partial charge on any atom is -0.497 e. The van der Waals surface area contributed by atoms with Crippen LogP contribution in [0.3, 0.4) is 0 Å². The molecule has 1 amide bonds. The number of anilines is 1. The minimum absolute atomic E-state index is 0.237. The molecule has 1 N–H and O–H groups in total. The van der Waals surface area contributed by atoms with Gasteiger partial charge < -0.3 is 9.47 Å². The standard InChI is InChI=1S/C26H26N4O4S/c1-16-22(13-14-24(31)34-4)17(2)30(29-16)20-9-5-19(6-10-20)25(32)28-26-27-23(15-35-26)18-7-11-21(33-3)12-8-18/h5-12,15H,13-14H2,1-4H3,(H,27,28,32). The third kappa shape index (κ3) is 5.41. The molecule has 4 aromatic rings. The number of amides is 1. The van der Waals surface area contributed by atoms with Crippen LogP contribution in [0.15, 0.2) is 53.9 Å². The monoisotopic (exact) mass is 490 g/mol. The van der Waals surface area contributed by atoms with Crippen molar-refractivity contribution in [2.75, 3.05) is 19.5 Å². The predicted molar refractivity (Wildman–Crippen MR) is 135 cm³/mol. The number of carbonyl (C=O) groups excluding carboxylic acids is 2. The average molecular weight is 491 g/mol. The smallest absolute Gasteiger partial charge is 0.305 e. The molecule has 8 nitrogen and oxygen atoms in total. The van der Waals surface area contributed by atoms with E-state index < -0.39 is 0 Å². The number of nitrogens with one attached hydrogen (secondary N) is 1. The number of aromatic nitrogens is 3. The Morgan fingerprint density at radius 3 is 2.40 bits per heavy atom. The summed E-state index contributed by atoms with van der Waals surface area (Å²) in [4.78, 5) is 28.8. The number of carbonyl (C=O) groups is 2. The van der Waals surface area contributed by atoms with Crippen LogP contribution in [0.2, 0.25) is 0 Å². The zero-order valence-electron chi connectivity index (χ0n) is 20.0. The van der Waals surface area contributed by atoms with Crippen LogP contribution < -0.4 is 10.1 Å². The Labute approximate surface area is 207 Å². The van der Waals surface area contributed by atoms with Gasteiger partial charge in [-0.3, -0.25) is 14.9 Å². The van der Waals surface area contributed by atoms with Gasteiger partial charge in [-0.2, -0.15) is 5.10 Å². The fraction of sp³-hybridized carbons (Fsp3) is 0.231. The van der Waals surface area contributed by atoms with Gasteiger partial charge in [0.25, 0.3) is 5.91 Å². The number of rotatable bonds is 8. The zero-order valence-corrected chi connectivity index (χ0v) is 20.8. The van der Waals surface area contributed by atoms with Crippen LogP contribution in [-0.2, 0) is 16.0 Å². The van der Waals surface area contributed by atoms with Gasteiger partial charge in [0.05, 0.1) is 31.3 Å². The van der Waals surface area contributed by atoms with E-state index in [4.69, 9.17) is 9.47 Å². The Balaban J connectivity index is 1.44. The molecule has 0 spiro atoms. The summed E-state index contributed by atoms with van der Waals surface area (Å²) >= 11 is 1.37. The average Bonchev–Trinajstić information content (AvgIpc) is 3.46. The summed E-state index contributed by atoms with van der Waals surface area (Å²) in [7, 11) is 3.01. The zero-order chi connectivity index (χ0) is 24.9. The largest absolute Gasteiger partial charge is 0.497 e. The first-order valence-electron chi connectivity index (χ1n) is 11.0. The van der Waals surface area contributed by atoms with E-state index in [2.05, 4.69) is 15.4 Å². The van der Waals surface area contributed by atoms with Crippen LogP contribution in [0.4, 0.5) is 5.13 Å². The Hall–Kier alpha value is -3.98. The van der Waals surface area contributed by atoms with Gasteiger partial charge in [0.15, 0.2) is 5.13 Å². The van der Waals surface area contributed by atoms with E-state index in [1.54, 1.807) is 19.2 Å².